The lowest BCUT2D eigenvalue weighted by Gasteiger charge is -2.31. The van der Waals surface area contributed by atoms with Crippen molar-refractivity contribution in [1.29, 1.82) is 0 Å². The van der Waals surface area contributed by atoms with E-state index in [0.29, 0.717) is 24.9 Å². The number of methoxy groups -OCH3 is 1. The van der Waals surface area contributed by atoms with Crippen LogP contribution in [0.5, 0.6) is 0 Å². The number of amides is 1. The molecule has 0 aliphatic heterocycles. The molecule has 2 heterocycles. The zero-order valence-corrected chi connectivity index (χ0v) is 16.4. The van der Waals surface area contributed by atoms with Crippen molar-refractivity contribution in [1.82, 2.24) is 25.0 Å². The van der Waals surface area contributed by atoms with E-state index in [9.17, 15) is 4.79 Å². The second-order valence-electron chi connectivity index (χ2n) is 7.00. The monoisotopic (exact) mass is 371 g/mol. The molecule has 0 aromatic carbocycles. The van der Waals surface area contributed by atoms with Gasteiger partial charge in [0.1, 0.15) is 0 Å². The van der Waals surface area contributed by atoms with Crippen LogP contribution < -0.4 is 5.32 Å². The van der Waals surface area contributed by atoms with Crippen LogP contribution in [-0.2, 0) is 30.7 Å². The Morgan fingerprint density at radius 3 is 2.89 bits per heavy atom. The lowest BCUT2D eigenvalue weighted by molar-refractivity contribution is 0.0942. The largest absolute Gasteiger partial charge is 0.383 e. The van der Waals surface area contributed by atoms with Gasteiger partial charge in [-0.1, -0.05) is 0 Å². The molecule has 1 aliphatic rings. The number of nitrogens with one attached hydrogen (secondary N) is 1. The normalized spacial score (nSPS) is 16.4. The number of carbonyl (C=O) groups is 1. The third-order valence-electron chi connectivity index (χ3n) is 5.31. The summed E-state index contributed by atoms with van der Waals surface area (Å²) in [5.41, 5.74) is 3.91. The quantitative estimate of drug-likeness (QED) is 0.764. The van der Waals surface area contributed by atoms with E-state index >= 15 is 0 Å². The van der Waals surface area contributed by atoms with Gasteiger partial charge in [-0.2, -0.15) is 5.10 Å². The van der Waals surface area contributed by atoms with Crippen LogP contribution in [0.25, 0.3) is 0 Å². The summed E-state index contributed by atoms with van der Waals surface area (Å²) in [5, 5.41) is 7.63. The number of likely N-dealkylation sites (N-methyl/N-ethyl adjacent to an activating group) is 1. The van der Waals surface area contributed by atoms with Gasteiger partial charge in [0, 0.05) is 56.4 Å². The highest BCUT2D eigenvalue weighted by atomic mass is 16.5. The Kier molecular flexibility index (Phi) is 6.58. The molecule has 27 heavy (non-hydrogen) atoms. The molecule has 146 valence electrons. The van der Waals surface area contributed by atoms with Gasteiger partial charge in [0.05, 0.1) is 6.61 Å². The standard InChI is InChI=1S/C20H29N5O2/c1-4-25-18-6-5-16(24(2)11-12-27-3)13-17(18)19(23-25)20(26)22-14-15-7-9-21-10-8-15/h7-10,16H,4-6,11-14H2,1-3H3,(H,22,26)/t16-/m0/s1. The van der Waals surface area contributed by atoms with Crippen molar-refractivity contribution in [3.8, 4) is 0 Å². The third kappa shape index (κ3) is 4.54. The van der Waals surface area contributed by atoms with Crippen molar-refractivity contribution in [2.75, 3.05) is 27.3 Å². The fraction of sp³-hybridized carbons (Fsp3) is 0.550. The van der Waals surface area contributed by atoms with Gasteiger partial charge in [0.15, 0.2) is 5.69 Å². The Bertz CT molecular complexity index is 759. The van der Waals surface area contributed by atoms with Crippen LogP contribution in [0.1, 0.15) is 40.7 Å². The molecule has 2 aromatic heterocycles. The molecule has 1 amide bonds. The molecule has 0 fully saturated rings. The number of hydrogen-bond donors (Lipinski definition) is 1. The highest BCUT2D eigenvalue weighted by Crippen LogP contribution is 2.27. The van der Waals surface area contributed by atoms with E-state index in [4.69, 9.17) is 4.74 Å². The highest BCUT2D eigenvalue weighted by Gasteiger charge is 2.30. The number of hydrogen-bond acceptors (Lipinski definition) is 5. The second kappa shape index (κ2) is 9.10. The fourth-order valence-corrected chi connectivity index (χ4v) is 3.67. The van der Waals surface area contributed by atoms with Crippen LogP contribution in [0.2, 0.25) is 0 Å². The van der Waals surface area contributed by atoms with Gasteiger partial charge in [0.2, 0.25) is 0 Å². The Morgan fingerprint density at radius 1 is 1.41 bits per heavy atom. The number of ether oxygens (including phenoxy) is 1. The Labute approximate surface area is 160 Å². The summed E-state index contributed by atoms with van der Waals surface area (Å²) in [6.07, 6.45) is 6.35. The summed E-state index contributed by atoms with van der Waals surface area (Å²) < 4.78 is 7.19. The number of rotatable bonds is 8. The number of carbonyl (C=O) groups excluding carboxylic acids is 1. The molecule has 1 atom stereocenters. The first kappa shape index (κ1) is 19.5. The molecule has 1 N–H and O–H groups in total. The van der Waals surface area contributed by atoms with Crippen LogP contribution in [0.15, 0.2) is 24.5 Å². The number of pyridine rings is 1. The molecular weight excluding hydrogens is 342 g/mol. The summed E-state index contributed by atoms with van der Waals surface area (Å²) in [5.74, 6) is -0.101. The summed E-state index contributed by atoms with van der Waals surface area (Å²) in [6, 6.07) is 4.22. The number of nitrogens with zero attached hydrogens (tertiary/aromatic N) is 4. The van der Waals surface area contributed by atoms with Gasteiger partial charge in [-0.25, -0.2) is 0 Å². The molecule has 0 spiro atoms. The highest BCUT2D eigenvalue weighted by molar-refractivity contribution is 5.94. The number of aryl methyl sites for hydroxylation is 1. The predicted molar refractivity (Wildman–Crippen MR) is 104 cm³/mol. The molecule has 3 rings (SSSR count). The second-order valence-corrected chi connectivity index (χ2v) is 7.00. The Morgan fingerprint density at radius 2 is 2.19 bits per heavy atom. The van der Waals surface area contributed by atoms with Crippen LogP contribution >= 0.6 is 0 Å². The maximum atomic E-state index is 12.8. The molecule has 7 nitrogen and oxygen atoms in total. The zero-order chi connectivity index (χ0) is 19.2. The average Bonchev–Trinajstić information content (AvgIpc) is 3.09. The summed E-state index contributed by atoms with van der Waals surface area (Å²) >= 11 is 0. The number of aromatic nitrogens is 3. The number of fused-ring (bicyclic) bond motifs is 1. The van der Waals surface area contributed by atoms with Gasteiger partial charge >= 0.3 is 0 Å². The van der Waals surface area contributed by atoms with Gasteiger partial charge < -0.3 is 15.0 Å². The van der Waals surface area contributed by atoms with Gasteiger partial charge in [-0.15, -0.1) is 0 Å². The van der Waals surface area contributed by atoms with Crippen LogP contribution in [-0.4, -0.2) is 58.9 Å². The van der Waals surface area contributed by atoms with Crippen molar-refractivity contribution in [2.24, 2.45) is 0 Å². The fourth-order valence-electron chi connectivity index (χ4n) is 3.67. The first-order chi connectivity index (χ1) is 13.1. The minimum absolute atomic E-state index is 0.101. The van der Waals surface area contributed by atoms with Crippen LogP contribution in [0.4, 0.5) is 0 Å². The van der Waals surface area contributed by atoms with Crippen molar-refractivity contribution in [2.45, 2.75) is 45.3 Å². The summed E-state index contributed by atoms with van der Waals surface area (Å²) in [6.45, 7) is 4.94. The molecule has 0 saturated heterocycles. The first-order valence-electron chi connectivity index (χ1n) is 9.58. The van der Waals surface area contributed by atoms with Crippen molar-refractivity contribution in [3.05, 3.63) is 47.0 Å². The lowest BCUT2D eigenvalue weighted by Crippen LogP contribution is -2.39. The molecule has 7 heteroatoms. The maximum Gasteiger partial charge on any atom is 0.272 e. The minimum Gasteiger partial charge on any atom is -0.383 e. The van der Waals surface area contributed by atoms with Crippen LogP contribution in [0, 0.1) is 0 Å². The lowest BCUT2D eigenvalue weighted by atomic mass is 9.90. The average molecular weight is 371 g/mol. The first-order valence-corrected chi connectivity index (χ1v) is 9.58. The van der Waals surface area contributed by atoms with Crippen molar-refractivity contribution >= 4 is 5.91 Å². The van der Waals surface area contributed by atoms with Crippen LogP contribution in [0.3, 0.4) is 0 Å². The minimum atomic E-state index is -0.101. The molecule has 0 radical (unpaired) electrons. The van der Waals surface area contributed by atoms with E-state index in [2.05, 4.69) is 34.3 Å². The SMILES string of the molecule is CCn1nc(C(=O)NCc2ccncc2)c2c1CC[C@H](N(C)CCOC)C2. The van der Waals surface area contributed by atoms with E-state index in [-0.39, 0.29) is 5.91 Å². The Hall–Kier alpha value is -2.25. The van der Waals surface area contributed by atoms with E-state index in [1.165, 1.54) is 5.69 Å². The molecule has 0 bridgehead atoms. The topological polar surface area (TPSA) is 72.3 Å². The van der Waals surface area contributed by atoms with Crippen molar-refractivity contribution < 1.29 is 9.53 Å². The van der Waals surface area contributed by atoms with Gasteiger partial charge in [-0.3, -0.25) is 14.5 Å². The molecule has 2 aromatic rings. The summed E-state index contributed by atoms with van der Waals surface area (Å²) in [7, 11) is 3.85. The van der Waals surface area contributed by atoms with E-state index in [0.717, 1.165) is 43.5 Å². The maximum absolute atomic E-state index is 12.8. The molecule has 1 aliphatic carbocycles. The van der Waals surface area contributed by atoms with E-state index in [1.807, 2.05) is 16.8 Å². The van der Waals surface area contributed by atoms with E-state index in [1.54, 1.807) is 19.5 Å². The molecular formula is C20H29N5O2. The summed E-state index contributed by atoms with van der Waals surface area (Å²) in [4.78, 5) is 19.2. The smallest absolute Gasteiger partial charge is 0.272 e. The van der Waals surface area contributed by atoms with E-state index < -0.39 is 0 Å². The zero-order valence-electron chi connectivity index (χ0n) is 16.4. The third-order valence-corrected chi connectivity index (χ3v) is 5.31. The Balaban J connectivity index is 1.74. The van der Waals surface area contributed by atoms with Gasteiger partial charge in [-0.05, 0) is 50.9 Å². The molecule has 0 saturated carbocycles. The predicted octanol–water partition coefficient (Wildman–Crippen LogP) is 1.66. The molecule has 0 unspecified atom stereocenters. The van der Waals surface area contributed by atoms with Crippen molar-refractivity contribution in [3.63, 3.8) is 0 Å². The van der Waals surface area contributed by atoms with Gasteiger partial charge in [0.25, 0.3) is 5.91 Å².